The highest BCUT2D eigenvalue weighted by molar-refractivity contribution is 7.15. The second-order valence-corrected chi connectivity index (χ2v) is 8.37. The van der Waals surface area contributed by atoms with E-state index in [-0.39, 0.29) is 11.8 Å². The number of nitrogens with one attached hydrogen (secondary N) is 1. The van der Waals surface area contributed by atoms with E-state index in [4.69, 9.17) is 9.72 Å². The van der Waals surface area contributed by atoms with Gasteiger partial charge in [0, 0.05) is 49.1 Å². The largest absolute Gasteiger partial charge is 0.378 e. The van der Waals surface area contributed by atoms with Crippen LogP contribution in [0.5, 0.6) is 0 Å². The molecule has 2 aromatic heterocycles. The molecule has 146 valence electrons. The van der Waals surface area contributed by atoms with E-state index in [1.807, 2.05) is 13.3 Å². The number of anilines is 1. The maximum absolute atomic E-state index is 12.6. The number of ether oxygens (including phenoxy) is 1. The fourth-order valence-electron chi connectivity index (χ4n) is 3.69. The van der Waals surface area contributed by atoms with Crippen LogP contribution >= 0.6 is 11.3 Å². The number of carbonyl (C=O) groups is 1. The highest BCUT2D eigenvalue weighted by Gasteiger charge is 2.28. The molecule has 1 aliphatic carbocycles. The molecule has 0 aromatic carbocycles. The number of thiazole rings is 1. The third-order valence-electron chi connectivity index (χ3n) is 5.58. The summed E-state index contributed by atoms with van der Waals surface area (Å²) in [6, 6.07) is 0. The average Bonchev–Trinajstić information content (AvgIpc) is 3.26. The third-order valence-corrected chi connectivity index (χ3v) is 6.79. The number of carbonyl (C=O) groups excluding carboxylic acids is 1. The van der Waals surface area contributed by atoms with Gasteiger partial charge in [-0.05, 0) is 26.7 Å². The minimum absolute atomic E-state index is 0.0303. The van der Waals surface area contributed by atoms with Crippen LogP contribution in [0.4, 0.5) is 5.13 Å². The molecule has 1 fully saturated rings. The van der Waals surface area contributed by atoms with Crippen LogP contribution in [0.25, 0.3) is 0 Å². The second kappa shape index (κ2) is 7.98. The number of aromatic nitrogens is 3. The Morgan fingerprint density at radius 3 is 2.93 bits per heavy atom. The van der Waals surface area contributed by atoms with Gasteiger partial charge < -0.3 is 19.5 Å². The lowest BCUT2D eigenvalue weighted by Crippen LogP contribution is -2.36. The molecule has 1 saturated heterocycles. The first-order valence-electron chi connectivity index (χ1n) is 9.69. The van der Waals surface area contributed by atoms with Gasteiger partial charge in [-0.15, -0.1) is 11.3 Å². The van der Waals surface area contributed by atoms with Gasteiger partial charge in [0.05, 0.1) is 30.9 Å². The zero-order valence-electron chi connectivity index (χ0n) is 16.0. The van der Waals surface area contributed by atoms with E-state index < -0.39 is 0 Å². The Morgan fingerprint density at radius 2 is 2.19 bits per heavy atom. The van der Waals surface area contributed by atoms with Crippen molar-refractivity contribution in [3.63, 3.8) is 0 Å². The zero-order chi connectivity index (χ0) is 18.8. The van der Waals surface area contributed by atoms with Crippen LogP contribution in [-0.4, -0.2) is 53.3 Å². The van der Waals surface area contributed by atoms with Crippen LogP contribution in [0.15, 0.2) is 6.33 Å². The highest BCUT2D eigenvalue weighted by atomic mass is 32.1. The van der Waals surface area contributed by atoms with Crippen LogP contribution in [0.2, 0.25) is 0 Å². The van der Waals surface area contributed by atoms with Crippen LogP contribution in [0.1, 0.15) is 28.4 Å². The Kier molecular flexibility index (Phi) is 5.45. The molecule has 1 atom stereocenters. The molecular formula is C19H27N5O2S. The van der Waals surface area contributed by atoms with Crippen molar-refractivity contribution in [3.8, 4) is 0 Å². The molecule has 0 spiro atoms. The first-order chi connectivity index (χ1) is 13.1. The summed E-state index contributed by atoms with van der Waals surface area (Å²) in [6.07, 6.45) is 4.46. The molecule has 0 radical (unpaired) electrons. The maximum Gasteiger partial charge on any atom is 0.223 e. The Labute approximate surface area is 163 Å². The summed E-state index contributed by atoms with van der Waals surface area (Å²) in [6.45, 7) is 8.80. The van der Waals surface area contributed by atoms with E-state index in [9.17, 15) is 4.79 Å². The summed E-state index contributed by atoms with van der Waals surface area (Å²) >= 11 is 1.79. The number of amides is 1. The predicted molar refractivity (Wildman–Crippen MR) is 105 cm³/mol. The molecule has 2 aromatic rings. The molecule has 4 rings (SSSR count). The van der Waals surface area contributed by atoms with E-state index in [1.165, 1.54) is 4.88 Å². The van der Waals surface area contributed by atoms with Gasteiger partial charge in [-0.25, -0.2) is 9.97 Å². The lowest BCUT2D eigenvalue weighted by molar-refractivity contribution is -0.125. The van der Waals surface area contributed by atoms with Crippen molar-refractivity contribution in [2.24, 2.45) is 5.92 Å². The van der Waals surface area contributed by atoms with Crippen molar-refractivity contribution in [2.45, 2.75) is 39.7 Å². The molecule has 2 aliphatic rings. The number of imidazole rings is 1. The number of fused-ring (bicyclic) bond motifs is 1. The fraction of sp³-hybridized carbons (Fsp3) is 0.632. The number of morpholine rings is 1. The molecule has 1 aliphatic heterocycles. The number of hydrogen-bond donors (Lipinski definition) is 1. The van der Waals surface area contributed by atoms with Gasteiger partial charge in [0.2, 0.25) is 5.91 Å². The van der Waals surface area contributed by atoms with Gasteiger partial charge in [-0.3, -0.25) is 4.79 Å². The normalized spacial score (nSPS) is 19.8. The Bertz CT molecular complexity index is 809. The molecule has 0 bridgehead atoms. The summed E-state index contributed by atoms with van der Waals surface area (Å²) in [4.78, 5) is 25.4. The van der Waals surface area contributed by atoms with Crippen molar-refractivity contribution in [3.05, 3.63) is 28.3 Å². The van der Waals surface area contributed by atoms with E-state index in [0.29, 0.717) is 6.54 Å². The van der Waals surface area contributed by atoms with Crippen LogP contribution in [0.3, 0.4) is 0 Å². The standard InChI is InChI=1S/C19H27N5O2S/c1-13-14(2)24(12-21-13)6-5-20-18(25)15-3-4-17-16(11-15)22-19(27-17)23-7-9-26-10-8-23/h12,15H,3-11H2,1-2H3,(H,20,25). The number of aryl methyl sites for hydroxylation is 2. The molecule has 1 N–H and O–H groups in total. The van der Waals surface area contributed by atoms with E-state index in [0.717, 1.165) is 74.3 Å². The van der Waals surface area contributed by atoms with Crippen molar-refractivity contribution < 1.29 is 9.53 Å². The lowest BCUT2D eigenvalue weighted by atomic mass is 9.90. The van der Waals surface area contributed by atoms with Crippen molar-refractivity contribution in [1.29, 1.82) is 0 Å². The summed E-state index contributed by atoms with van der Waals surface area (Å²) in [7, 11) is 0. The smallest absolute Gasteiger partial charge is 0.223 e. The molecule has 1 amide bonds. The Hall–Kier alpha value is -1.93. The first kappa shape index (κ1) is 18.4. The van der Waals surface area contributed by atoms with E-state index >= 15 is 0 Å². The van der Waals surface area contributed by atoms with Gasteiger partial charge in [0.1, 0.15) is 0 Å². The minimum atomic E-state index is 0.0303. The highest BCUT2D eigenvalue weighted by Crippen LogP contribution is 2.34. The molecular weight excluding hydrogens is 362 g/mol. The number of nitrogens with zero attached hydrogens (tertiary/aromatic N) is 4. The predicted octanol–water partition coefficient (Wildman–Crippen LogP) is 1.71. The van der Waals surface area contributed by atoms with Crippen molar-refractivity contribution in [2.75, 3.05) is 37.7 Å². The topological polar surface area (TPSA) is 72.3 Å². The number of hydrogen-bond acceptors (Lipinski definition) is 6. The minimum Gasteiger partial charge on any atom is -0.378 e. The molecule has 27 heavy (non-hydrogen) atoms. The quantitative estimate of drug-likeness (QED) is 0.843. The molecule has 1 unspecified atom stereocenters. The third kappa shape index (κ3) is 4.01. The Morgan fingerprint density at radius 1 is 1.37 bits per heavy atom. The zero-order valence-corrected chi connectivity index (χ0v) is 16.8. The van der Waals surface area contributed by atoms with Crippen LogP contribution in [0, 0.1) is 19.8 Å². The summed E-state index contributed by atoms with van der Waals surface area (Å²) < 4.78 is 7.51. The molecule has 0 saturated carbocycles. The van der Waals surface area contributed by atoms with Gasteiger partial charge in [-0.1, -0.05) is 0 Å². The van der Waals surface area contributed by atoms with Crippen molar-refractivity contribution in [1.82, 2.24) is 19.9 Å². The fourth-order valence-corrected chi connectivity index (χ4v) is 4.85. The summed E-state index contributed by atoms with van der Waals surface area (Å²) in [5.74, 6) is 0.179. The van der Waals surface area contributed by atoms with E-state index in [1.54, 1.807) is 11.3 Å². The van der Waals surface area contributed by atoms with Crippen LogP contribution < -0.4 is 10.2 Å². The monoisotopic (exact) mass is 389 g/mol. The average molecular weight is 390 g/mol. The van der Waals surface area contributed by atoms with Gasteiger partial charge >= 0.3 is 0 Å². The summed E-state index contributed by atoms with van der Waals surface area (Å²) in [5.41, 5.74) is 3.32. The SMILES string of the molecule is Cc1ncn(CCNC(=O)C2CCc3sc(N4CCOCC4)nc3C2)c1C. The van der Waals surface area contributed by atoms with Crippen LogP contribution in [-0.2, 0) is 28.9 Å². The summed E-state index contributed by atoms with van der Waals surface area (Å²) in [5, 5.41) is 4.19. The molecule has 3 heterocycles. The van der Waals surface area contributed by atoms with Gasteiger partial charge in [0.25, 0.3) is 0 Å². The molecule has 7 nitrogen and oxygen atoms in total. The van der Waals surface area contributed by atoms with Crippen molar-refractivity contribution >= 4 is 22.4 Å². The maximum atomic E-state index is 12.6. The second-order valence-electron chi connectivity index (χ2n) is 7.31. The molecule has 8 heteroatoms. The first-order valence-corrected chi connectivity index (χ1v) is 10.5. The lowest BCUT2D eigenvalue weighted by Gasteiger charge is -2.26. The Balaban J connectivity index is 1.31. The van der Waals surface area contributed by atoms with E-state index in [2.05, 4.69) is 26.7 Å². The van der Waals surface area contributed by atoms with Gasteiger partial charge in [0.15, 0.2) is 5.13 Å². The van der Waals surface area contributed by atoms with Gasteiger partial charge in [-0.2, -0.15) is 0 Å². The number of rotatable bonds is 5.